The molecule has 0 saturated heterocycles. The van der Waals surface area contributed by atoms with Gasteiger partial charge in [-0.2, -0.15) is 9.37 Å². The number of amides is 1. The third-order valence-corrected chi connectivity index (χ3v) is 0.535. The Balaban J connectivity index is 0. The second-order valence-electron chi connectivity index (χ2n) is 1.79. The molecule has 0 aliphatic rings. The molecule has 0 aromatic rings. The summed E-state index contributed by atoms with van der Waals surface area (Å²) in [6.07, 6.45) is 1.61. The predicted octanol–water partition coefficient (Wildman–Crippen LogP) is -0.653. The average Bonchev–Trinajstić information content (AvgIpc) is 1.89. The van der Waals surface area contributed by atoms with Crippen LogP contribution in [0.15, 0.2) is 0 Å². The van der Waals surface area contributed by atoms with Crippen molar-refractivity contribution in [1.29, 1.82) is 0 Å². The topological polar surface area (TPSA) is 49.2 Å². The fourth-order valence-electron chi connectivity index (χ4n) is 0. The van der Waals surface area contributed by atoms with Crippen molar-refractivity contribution in [3.05, 3.63) is 0 Å². The van der Waals surface area contributed by atoms with Gasteiger partial charge >= 0.3 is 6.08 Å². The summed E-state index contributed by atoms with van der Waals surface area (Å²) >= 11 is 0. The van der Waals surface area contributed by atoms with Crippen molar-refractivity contribution in [2.75, 3.05) is 21.1 Å². The highest BCUT2D eigenvalue weighted by Gasteiger charge is 1.72. The molecule has 0 unspecified atom stereocenters. The lowest BCUT2D eigenvalue weighted by atomic mass is 10.7. The number of carbonyl (C=O) groups is 1. The first-order chi connectivity index (χ1) is 4.54. The molecular formula is C6H13N2O2+. The molecule has 0 bridgehead atoms. The summed E-state index contributed by atoms with van der Waals surface area (Å²) in [6, 6.07) is 0. The third kappa shape index (κ3) is 28.9. The minimum absolute atomic E-state index is 0.00463. The first kappa shape index (κ1) is 11.6. The van der Waals surface area contributed by atoms with Gasteiger partial charge in [0, 0.05) is 14.0 Å². The number of rotatable bonds is 0. The maximum atomic E-state index is 9.70. The monoisotopic (exact) mass is 145 g/mol. The standard InChI is InChI=1S/C3H6NO.C3H7NO/c1-4(2)3-5;1-3(5)4-2/h1-2H3;1-2H3,(H,4,5)/q+1;. The van der Waals surface area contributed by atoms with Gasteiger partial charge in [0.25, 0.3) is 0 Å². The first-order valence-electron chi connectivity index (χ1n) is 2.78. The second kappa shape index (κ2) is 7.85. The van der Waals surface area contributed by atoms with Gasteiger partial charge in [-0.15, -0.1) is 0 Å². The van der Waals surface area contributed by atoms with Gasteiger partial charge < -0.3 is 5.32 Å². The van der Waals surface area contributed by atoms with Crippen LogP contribution in [-0.2, 0) is 9.59 Å². The molecule has 0 fully saturated rings. The van der Waals surface area contributed by atoms with Crippen LogP contribution in [0.25, 0.3) is 0 Å². The SMILES string of the molecule is CNC(C)=O.C[N+](C)=C=O. The van der Waals surface area contributed by atoms with Crippen molar-refractivity contribution >= 4 is 12.0 Å². The van der Waals surface area contributed by atoms with Crippen LogP contribution in [-0.4, -0.2) is 37.7 Å². The van der Waals surface area contributed by atoms with E-state index in [2.05, 4.69) is 5.32 Å². The zero-order chi connectivity index (χ0) is 8.57. The maximum Gasteiger partial charge on any atom is 0.423 e. The molecule has 0 aliphatic heterocycles. The highest BCUT2D eigenvalue weighted by molar-refractivity contribution is 5.72. The zero-order valence-corrected chi connectivity index (χ0v) is 6.76. The Labute approximate surface area is 60.5 Å². The number of hydrogen-bond acceptors (Lipinski definition) is 2. The van der Waals surface area contributed by atoms with E-state index in [0.717, 1.165) is 0 Å². The van der Waals surface area contributed by atoms with Crippen molar-refractivity contribution in [2.24, 2.45) is 0 Å². The minimum atomic E-state index is 0.00463. The lowest BCUT2D eigenvalue weighted by Crippen LogP contribution is -2.11. The highest BCUT2D eigenvalue weighted by atomic mass is 16.1. The van der Waals surface area contributed by atoms with Gasteiger partial charge in [-0.3, -0.25) is 4.79 Å². The quantitative estimate of drug-likeness (QED) is 0.279. The molecule has 0 spiro atoms. The predicted molar refractivity (Wildman–Crippen MR) is 37.5 cm³/mol. The fraction of sp³-hybridized carbons (Fsp3) is 0.667. The summed E-state index contributed by atoms with van der Waals surface area (Å²) in [5.74, 6) is 0.00463. The number of isocyanates is 1. The lowest BCUT2D eigenvalue weighted by Gasteiger charge is -1.80. The average molecular weight is 145 g/mol. The second-order valence-corrected chi connectivity index (χ2v) is 1.79. The molecule has 0 atom stereocenters. The summed E-state index contributed by atoms with van der Waals surface area (Å²) in [5, 5.41) is 2.39. The largest absolute Gasteiger partial charge is 0.423 e. The molecule has 0 heterocycles. The van der Waals surface area contributed by atoms with Crippen LogP contribution >= 0.6 is 0 Å². The molecule has 1 amide bonds. The van der Waals surface area contributed by atoms with Crippen LogP contribution < -0.4 is 5.32 Å². The maximum absolute atomic E-state index is 9.70. The Morgan fingerprint density at radius 2 is 1.70 bits per heavy atom. The number of hydrogen-bond donors (Lipinski definition) is 1. The Morgan fingerprint density at radius 1 is 1.50 bits per heavy atom. The molecular weight excluding hydrogens is 132 g/mol. The Kier molecular flexibility index (Phi) is 9.12. The number of carbonyl (C=O) groups excluding carboxylic acids is 2. The molecule has 10 heavy (non-hydrogen) atoms. The van der Waals surface area contributed by atoms with Crippen molar-refractivity contribution in [2.45, 2.75) is 6.92 Å². The van der Waals surface area contributed by atoms with Gasteiger partial charge in [-0.1, -0.05) is 0 Å². The van der Waals surface area contributed by atoms with E-state index in [1.807, 2.05) is 0 Å². The summed E-state index contributed by atoms with van der Waals surface area (Å²) in [4.78, 5) is 19.0. The lowest BCUT2D eigenvalue weighted by molar-refractivity contribution is -0.461. The van der Waals surface area contributed by atoms with Crippen LogP contribution in [0.4, 0.5) is 0 Å². The molecule has 4 nitrogen and oxygen atoms in total. The molecule has 58 valence electrons. The first-order valence-corrected chi connectivity index (χ1v) is 2.78. The summed E-state index contributed by atoms with van der Waals surface area (Å²) in [5.41, 5.74) is 0. The van der Waals surface area contributed by atoms with E-state index in [9.17, 15) is 9.59 Å². The van der Waals surface area contributed by atoms with E-state index >= 15 is 0 Å². The third-order valence-electron chi connectivity index (χ3n) is 0.535. The van der Waals surface area contributed by atoms with Gasteiger partial charge in [0.2, 0.25) is 5.91 Å². The molecule has 0 aliphatic carbocycles. The number of nitrogens with one attached hydrogen (secondary N) is 1. The van der Waals surface area contributed by atoms with Crippen molar-refractivity contribution in [1.82, 2.24) is 5.32 Å². The molecule has 0 aromatic heterocycles. The van der Waals surface area contributed by atoms with E-state index in [1.54, 1.807) is 27.2 Å². The van der Waals surface area contributed by atoms with E-state index in [4.69, 9.17) is 0 Å². The van der Waals surface area contributed by atoms with Crippen molar-refractivity contribution in [3.63, 3.8) is 0 Å². The highest BCUT2D eigenvalue weighted by Crippen LogP contribution is 1.45. The Hall–Kier alpha value is -1.15. The molecule has 4 heteroatoms. The molecule has 0 aromatic carbocycles. The van der Waals surface area contributed by atoms with Gasteiger partial charge in [0.05, 0.1) is 0 Å². The van der Waals surface area contributed by atoms with Crippen molar-refractivity contribution in [3.8, 4) is 0 Å². The van der Waals surface area contributed by atoms with E-state index < -0.39 is 0 Å². The Morgan fingerprint density at radius 3 is 1.70 bits per heavy atom. The van der Waals surface area contributed by atoms with E-state index in [1.165, 1.54) is 11.5 Å². The molecule has 0 rings (SSSR count). The zero-order valence-electron chi connectivity index (χ0n) is 6.76. The summed E-state index contributed by atoms with van der Waals surface area (Å²) < 4.78 is 1.32. The van der Waals surface area contributed by atoms with Gasteiger partial charge in [-0.05, 0) is 0 Å². The summed E-state index contributed by atoms with van der Waals surface area (Å²) in [7, 11) is 4.86. The fourth-order valence-corrected chi connectivity index (χ4v) is 0. The van der Waals surface area contributed by atoms with Gasteiger partial charge in [-0.25, -0.2) is 0 Å². The van der Waals surface area contributed by atoms with Crippen LogP contribution in [0.1, 0.15) is 6.92 Å². The summed E-state index contributed by atoms with van der Waals surface area (Å²) in [6.45, 7) is 1.47. The van der Waals surface area contributed by atoms with Crippen LogP contribution in [0, 0.1) is 0 Å². The molecule has 0 saturated carbocycles. The van der Waals surface area contributed by atoms with E-state index in [0.29, 0.717) is 0 Å². The van der Waals surface area contributed by atoms with Crippen molar-refractivity contribution < 1.29 is 14.2 Å². The normalized spacial score (nSPS) is 6.40. The smallest absolute Gasteiger partial charge is 0.359 e. The van der Waals surface area contributed by atoms with E-state index in [-0.39, 0.29) is 5.91 Å². The van der Waals surface area contributed by atoms with Crippen LogP contribution in [0.3, 0.4) is 0 Å². The van der Waals surface area contributed by atoms with Gasteiger partial charge in [0.1, 0.15) is 14.1 Å². The number of nitrogens with zero attached hydrogens (tertiary/aromatic N) is 1. The van der Waals surface area contributed by atoms with Crippen LogP contribution in [0.2, 0.25) is 0 Å². The molecule has 1 N–H and O–H groups in total. The Bertz CT molecular complexity index is 144. The van der Waals surface area contributed by atoms with Gasteiger partial charge in [0.15, 0.2) is 0 Å². The minimum Gasteiger partial charge on any atom is -0.359 e. The molecule has 0 radical (unpaired) electrons. The van der Waals surface area contributed by atoms with Crippen LogP contribution in [0.5, 0.6) is 0 Å².